The summed E-state index contributed by atoms with van der Waals surface area (Å²) in [5.41, 5.74) is 17.7. The summed E-state index contributed by atoms with van der Waals surface area (Å²) in [4.78, 5) is 7.28. The lowest BCUT2D eigenvalue weighted by atomic mass is 9.33. The van der Waals surface area contributed by atoms with Gasteiger partial charge in [0.2, 0.25) is 0 Å². The van der Waals surface area contributed by atoms with Crippen molar-refractivity contribution in [3.05, 3.63) is 224 Å². The Kier molecular flexibility index (Phi) is 7.60. The highest BCUT2D eigenvalue weighted by Crippen LogP contribution is 2.47. The Labute approximate surface area is 344 Å². The molecule has 5 heteroatoms. The van der Waals surface area contributed by atoms with Gasteiger partial charge in [-0.1, -0.05) is 133 Å². The normalized spacial score (nSPS) is 12.3. The monoisotopic (exact) mass is 752 g/mol. The molecule has 2 aliphatic heterocycles. The fraction of sp³-hybridized carbons (Fsp3) is 0. The van der Waals surface area contributed by atoms with Crippen LogP contribution >= 0.6 is 0 Å². The average molecular weight is 753 g/mol. The average Bonchev–Trinajstić information content (AvgIpc) is 3.65. The molecule has 0 bridgehead atoms. The van der Waals surface area contributed by atoms with Crippen LogP contribution in [0.2, 0.25) is 0 Å². The third-order valence-corrected chi connectivity index (χ3v) is 12.1. The first-order chi connectivity index (χ1) is 29.3. The van der Waals surface area contributed by atoms with Gasteiger partial charge in [-0.3, -0.25) is 0 Å². The summed E-state index contributed by atoms with van der Waals surface area (Å²) in [6.07, 6.45) is 0. The van der Waals surface area contributed by atoms with Gasteiger partial charge in [0.25, 0.3) is 6.71 Å². The topological polar surface area (TPSA) is 14.7 Å². The van der Waals surface area contributed by atoms with E-state index in [2.05, 4.69) is 244 Å². The highest BCUT2D eigenvalue weighted by molar-refractivity contribution is 7.00. The van der Waals surface area contributed by atoms with E-state index in [9.17, 15) is 0 Å². The molecule has 0 amide bonds. The minimum atomic E-state index is 0.00220. The lowest BCUT2D eigenvalue weighted by molar-refractivity contribution is 1.16. The lowest BCUT2D eigenvalue weighted by Crippen LogP contribution is -2.60. The van der Waals surface area contributed by atoms with E-state index in [1.165, 1.54) is 55.3 Å². The third-order valence-electron chi connectivity index (χ3n) is 12.1. The molecule has 59 heavy (non-hydrogen) atoms. The van der Waals surface area contributed by atoms with Crippen LogP contribution in [0.3, 0.4) is 0 Å². The number of fused-ring (bicyclic) bond motifs is 7. The second-order valence-corrected chi connectivity index (χ2v) is 15.4. The Morgan fingerprint density at radius 1 is 0.339 bits per heavy atom. The lowest BCUT2D eigenvalue weighted by Gasteiger charge is -2.42. The van der Waals surface area contributed by atoms with E-state index >= 15 is 0 Å². The molecule has 0 unspecified atom stereocenters. The molecule has 0 saturated carbocycles. The van der Waals surface area contributed by atoms with Crippen molar-refractivity contribution >= 4 is 96.1 Å². The molecule has 0 spiro atoms. The number of nitrogens with zero attached hydrogens (tertiary/aromatic N) is 4. The van der Waals surface area contributed by atoms with Crippen LogP contribution in [0.1, 0.15) is 0 Å². The van der Waals surface area contributed by atoms with Crippen LogP contribution in [0.5, 0.6) is 0 Å². The number of hydrogen-bond acceptors (Lipinski definition) is 3. The molecule has 10 aromatic rings. The highest BCUT2D eigenvalue weighted by atomic mass is 15.2. The Morgan fingerprint density at radius 3 is 1.44 bits per heavy atom. The van der Waals surface area contributed by atoms with Crippen molar-refractivity contribution in [3.63, 3.8) is 0 Å². The van der Waals surface area contributed by atoms with Crippen LogP contribution in [0, 0.1) is 0 Å². The van der Waals surface area contributed by atoms with Gasteiger partial charge >= 0.3 is 0 Å². The molecule has 0 fully saturated rings. The highest BCUT2D eigenvalue weighted by Gasteiger charge is 2.43. The van der Waals surface area contributed by atoms with E-state index < -0.39 is 0 Å². The first kappa shape index (κ1) is 33.4. The maximum absolute atomic E-state index is 2.54. The standard InChI is InChI=1S/C54H37BN4/c1-6-19-38(20-7-1)56(39-21-8-2-9-22-39)43-33-34-47-50(35-43)58(42-27-14-5-15-28-42)51-36-44(57(40-23-10-3-11-24-40)41-25-12-4-13-26-41)37-52-53(51)55(47)48-31-18-30-46-45-29-16-17-32-49(45)59(52)54(46)48/h1-37H. The smallest absolute Gasteiger partial charge is 0.252 e. The van der Waals surface area contributed by atoms with Crippen molar-refractivity contribution in [2.75, 3.05) is 14.7 Å². The summed E-state index contributed by atoms with van der Waals surface area (Å²) < 4.78 is 2.54. The number of para-hydroxylation sites is 7. The molecule has 3 heterocycles. The van der Waals surface area contributed by atoms with Gasteiger partial charge in [-0.05, 0) is 107 Å². The predicted molar refractivity (Wildman–Crippen MR) is 249 cm³/mol. The Morgan fingerprint density at radius 2 is 0.831 bits per heavy atom. The SMILES string of the molecule is c1ccc(N(c2ccccc2)c2ccc3c(c2)N(c2ccccc2)c2cc(N(c4ccccc4)c4ccccc4)cc4c2B3c2cccc3c5ccccc5n-4c23)cc1. The Hall–Kier alpha value is -7.76. The molecule has 9 aromatic carbocycles. The van der Waals surface area contributed by atoms with Gasteiger partial charge in [-0.15, -0.1) is 0 Å². The van der Waals surface area contributed by atoms with Crippen LogP contribution in [-0.2, 0) is 0 Å². The molecular formula is C54H37BN4. The van der Waals surface area contributed by atoms with E-state index in [0.717, 1.165) is 39.8 Å². The summed E-state index contributed by atoms with van der Waals surface area (Å²) in [5, 5.41) is 2.55. The minimum Gasteiger partial charge on any atom is -0.311 e. The number of aromatic nitrogens is 1. The molecule has 12 rings (SSSR count). The van der Waals surface area contributed by atoms with Crippen LogP contribution in [0.25, 0.3) is 27.5 Å². The van der Waals surface area contributed by atoms with Gasteiger partial charge in [-0.2, -0.15) is 0 Å². The molecule has 0 aliphatic carbocycles. The summed E-state index contributed by atoms with van der Waals surface area (Å²) in [6, 6.07) is 81.6. The largest absolute Gasteiger partial charge is 0.311 e. The fourth-order valence-electron chi connectivity index (χ4n) is 9.71. The molecule has 1 aromatic heterocycles. The first-order valence-electron chi connectivity index (χ1n) is 20.3. The molecule has 2 aliphatic rings. The number of hydrogen-bond donors (Lipinski definition) is 0. The van der Waals surface area contributed by atoms with Crippen molar-refractivity contribution < 1.29 is 0 Å². The summed E-state index contributed by atoms with van der Waals surface area (Å²) >= 11 is 0. The predicted octanol–water partition coefficient (Wildman–Crippen LogP) is 12.3. The van der Waals surface area contributed by atoms with E-state index in [1.807, 2.05) is 0 Å². The van der Waals surface area contributed by atoms with E-state index in [1.54, 1.807) is 0 Å². The second-order valence-electron chi connectivity index (χ2n) is 15.4. The zero-order valence-corrected chi connectivity index (χ0v) is 32.2. The van der Waals surface area contributed by atoms with Gasteiger partial charge in [0.05, 0.1) is 11.2 Å². The zero-order chi connectivity index (χ0) is 38.9. The van der Waals surface area contributed by atoms with Crippen molar-refractivity contribution in [1.29, 1.82) is 0 Å². The number of rotatable bonds is 7. The van der Waals surface area contributed by atoms with Crippen molar-refractivity contribution in [2.45, 2.75) is 0 Å². The van der Waals surface area contributed by atoms with Gasteiger partial charge in [0.15, 0.2) is 0 Å². The van der Waals surface area contributed by atoms with Gasteiger partial charge < -0.3 is 19.3 Å². The summed E-state index contributed by atoms with van der Waals surface area (Å²) in [5.74, 6) is 0. The number of anilines is 9. The molecule has 0 radical (unpaired) electrons. The van der Waals surface area contributed by atoms with E-state index in [4.69, 9.17) is 0 Å². The Balaban J connectivity index is 1.20. The van der Waals surface area contributed by atoms with E-state index in [0.29, 0.717) is 0 Å². The van der Waals surface area contributed by atoms with Gasteiger partial charge in [-0.25, -0.2) is 0 Å². The zero-order valence-electron chi connectivity index (χ0n) is 32.2. The van der Waals surface area contributed by atoms with Crippen molar-refractivity contribution in [2.24, 2.45) is 0 Å². The van der Waals surface area contributed by atoms with Gasteiger partial charge in [0, 0.05) is 67.5 Å². The molecule has 0 saturated heterocycles. The minimum absolute atomic E-state index is 0.00220. The quantitative estimate of drug-likeness (QED) is 0.151. The van der Waals surface area contributed by atoms with E-state index in [-0.39, 0.29) is 6.71 Å². The van der Waals surface area contributed by atoms with Crippen LogP contribution in [0.15, 0.2) is 224 Å². The summed E-state index contributed by atoms with van der Waals surface area (Å²) in [6.45, 7) is 0.00220. The maximum Gasteiger partial charge on any atom is 0.252 e. The van der Waals surface area contributed by atoms with Crippen LogP contribution in [0.4, 0.5) is 51.2 Å². The molecule has 0 atom stereocenters. The molecular weight excluding hydrogens is 715 g/mol. The third kappa shape index (κ3) is 5.18. The molecule has 0 N–H and O–H groups in total. The number of benzene rings is 9. The van der Waals surface area contributed by atoms with Crippen molar-refractivity contribution in [1.82, 2.24) is 4.57 Å². The first-order valence-corrected chi connectivity index (χ1v) is 20.3. The molecule has 4 nitrogen and oxygen atoms in total. The Bertz CT molecular complexity index is 3090. The van der Waals surface area contributed by atoms with Crippen LogP contribution in [-0.4, -0.2) is 11.3 Å². The maximum atomic E-state index is 2.54. The van der Waals surface area contributed by atoms with Crippen molar-refractivity contribution in [3.8, 4) is 5.69 Å². The second kappa shape index (κ2) is 13.4. The summed E-state index contributed by atoms with van der Waals surface area (Å²) in [7, 11) is 0. The van der Waals surface area contributed by atoms with Gasteiger partial charge in [0.1, 0.15) is 0 Å². The fourth-order valence-corrected chi connectivity index (χ4v) is 9.71. The van der Waals surface area contributed by atoms with Crippen LogP contribution < -0.4 is 31.1 Å². The molecule has 276 valence electrons.